The van der Waals surface area contributed by atoms with Gasteiger partial charge in [0.05, 0.1) is 10.5 Å². The fourth-order valence-corrected chi connectivity index (χ4v) is 5.88. The zero-order chi connectivity index (χ0) is 17.6. The van der Waals surface area contributed by atoms with Crippen molar-refractivity contribution in [1.82, 2.24) is 0 Å². The Kier molecular flexibility index (Phi) is 4.20. The lowest BCUT2D eigenvalue weighted by molar-refractivity contribution is -0.729. The van der Waals surface area contributed by atoms with Gasteiger partial charge in [-0.2, -0.15) is 0 Å². The van der Waals surface area contributed by atoms with Gasteiger partial charge in [-0.1, -0.05) is 11.6 Å². The summed E-state index contributed by atoms with van der Waals surface area (Å²) in [4.78, 5) is 23.0. The van der Waals surface area contributed by atoms with Gasteiger partial charge in [-0.3, -0.25) is 14.9 Å². The molecule has 3 N–H and O–H groups in total. The number of carbonyl (C=O) groups excluding carboxylic acids is 1. The SMILES string of the molecule is O=C(C[NH2+]C12CC3CC(CC(C3)C1)C2)Nc1cc(Cl)ccc1[N+](=O)[O-]. The molecule has 6 nitrogen and oxygen atoms in total. The van der Waals surface area contributed by atoms with Gasteiger partial charge >= 0.3 is 0 Å². The minimum Gasteiger partial charge on any atom is -0.334 e. The minimum atomic E-state index is -0.505. The molecule has 4 aliphatic carbocycles. The highest BCUT2D eigenvalue weighted by molar-refractivity contribution is 6.31. The van der Waals surface area contributed by atoms with Crippen LogP contribution in [0.5, 0.6) is 0 Å². The van der Waals surface area contributed by atoms with Crippen molar-refractivity contribution in [2.45, 2.75) is 44.1 Å². The lowest BCUT2D eigenvalue weighted by Gasteiger charge is -2.54. The van der Waals surface area contributed by atoms with E-state index in [1.165, 1.54) is 56.7 Å². The smallest absolute Gasteiger partial charge is 0.292 e. The third-order valence-electron chi connectivity index (χ3n) is 6.24. The van der Waals surface area contributed by atoms with Crippen molar-refractivity contribution in [3.05, 3.63) is 33.3 Å². The van der Waals surface area contributed by atoms with Crippen molar-refractivity contribution in [1.29, 1.82) is 0 Å². The van der Waals surface area contributed by atoms with Gasteiger partial charge in [-0.05, 0) is 49.1 Å². The molecular weight excluding hydrogens is 342 g/mol. The van der Waals surface area contributed by atoms with E-state index in [0.29, 0.717) is 11.6 Å². The molecule has 1 amide bonds. The molecule has 0 radical (unpaired) electrons. The second-order valence-electron chi connectivity index (χ2n) is 8.15. The number of rotatable bonds is 5. The lowest BCUT2D eigenvalue weighted by atomic mass is 9.53. The largest absolute Gasteiger partial charge is 0.334 e. The Morgan fingerprint density at radius 1 is 1.24 bits per heavy atom. The Balaban J connectivity index is 1.40. The lowest BCUT2D eigenvalue weighted by Crippen LogP contribution is -3.00. The summed E-state index contributed by atoms with van der Waals surface area (Å²) in [5.74, 6) is 2.29. The molecular formula is C18H23ClN3O3+. The maximum absolute atomic E-state index is 12.4. The van der Waals surface area contributed by atoms with Crippen molar-refractivity contribution in [3.63, 3.8) is 0 Å². The Morgan fingerprint density at radius 2 is 1.84 bits per heavy atom. The third-order valence-corrected chi connectivity index (χ3v) is 6.47. The second-order valence-corrected chi connectivity index (χ2v) is 8.59. The van der Waals surface area contributed by atoms with Crippen LogP contribution in [0.2, 0.25) is 5.02 Å². The van der Waals surface area contributed by atoms with Crippen LogP contribution in [-0.2, 0) is 4.79 Å². The zero-order valence-electron chi connectivity index (χ0n) is 14.0. The summed E-state index contributed by atoms with van der Waals surface area (Å²) < 4.78 is 0. The monoisotopic (exact) mass is 364 g/mol. The molecule has 0 aromatic heterocycles. The van der Waals surface area contributed by atoms with Crippen LogP contribution in [0.1, 0.15) is 38.5 Å². The molecule has 0 unspecified atom stereocenters. The van der Waals surface area contributed by atoms with Crippen LogP contribution in [0.4, 0.5) is 11.4 Å². The molecule has 7 heteroatoms. The fourth-order valence-electron chi connectivity index (χ4n) is 5.71. The summed E-state index contributed by atoms with van der Waals surface area (Å²) in [6.07, 6.45) is 7.74. The number of hydrogen-bond acceptors (Lipinski definition) is 3. The number of halogens is 1. The first-order valence-electron chi connectivity index (χ1n) is 9.01. The number of amides is 1. The van der Waals surface area contributed by atoms with Gasteiger partial charge < -0.3 is 10.6 Å². The summed E-state index contributed by atoms with van der Waals surface area (Å²) in [7, 11) is 0. The molecule has 0 atom stereocenters. The van der Waals surface area contributed by atoms with Crippen LogP contribution in [0.15, 0.2) is 18.2 Å². The van der Waals surface area contributed by atoms with Gasteiger partial charge in [0, 0.05) is 30.4 Å². The number of carbonyl (C=O) groups is 1. The molecule has 134 valence electrons. The van der Waals surface area contributed by atoms with E-state index in [-0.39, 0.29) is 22.8 Å². The highest BCUT2D eigenvalue weighted by Gasteiger charge is 2.53. The van der Waals surface area contributed by atoms with Crippen molar-refractivity contribution in [3.8, 4) is 0 Å². The average Bonchev–Trinajstić information content (AvgIpc) is 2.51. The number of benzene rings is 1. The van der Waals surface area contributed by atoms with Crippen molar-refractivity contribution in [2.24, 2.45) is 17.8 Å². The van der Waals surface area contributed by atoms with Crippen LogP contribution < -0.4 is 10.6 Å². The zero-order valence-corrected chi connectivity index (χ0v) is 14.8. The van der Waals surface area contributed by atoms with E-state index >= 15 is 0 Å². The van der Waals surface area contributed by atoms with Crippen LogP contribution in [-0.4, -0.2) is 22.9 Å². The fraction of sp³-hybridized carbons (Fsp3) is 0.611. The molecule has 1 aromatic carbocycles. The molecule has 4 aliphatic rings. The maximum Gasteiger partial charge on any atom is 0.292 e. The molecule has 4 saturated carbocycles. The number of nitrogens with two attached hydrogens (primary N) is 1. The molecule has 4 bridgehead atoms. The minimum absolute atomic E-state index is 0.132. The van der Waals surface area contributed by atoms with Crippen molar-refractivity contribution < 1.29 is 15.0 Å². The normalized spacial score (nSPS) is 32.6. The number of hydrogen-bond donors (Lipinski definition) is 2. The molecule has 1 aromatic rings. The van der Waals surface area contributed by atoms with E-state index in [1.807, 2.05) is 0 Å². The van der Waals surface area contributed by atoms with Crippen LogP contribution in [0, 0.1) is 27.9 Å². The summed E-state index contributed by atoms with van der Waals surface area (Å²) in [6, 6.07) is 4.21. The topological polar surface area (TPSA) is 88.8 Å². The predicted octanol–water partition coefficient (Wildman–Crippen LogP) is 2.72. The van der Waals surface area contributed by atoms with Gasteiger partial charge in [0.1, 0.15) is 5.69 Å². The summed E-state index contributed by atoms with van der Waals surface area (Å²) in [5.41, 5.74) is 0.251. The highest BCUT2D eigenvalue weighted by atomic mass is 35.5. The molecule has 0 aliphatic heterocycles. The third kappa shape index (κ3) is 3.37. The van der Waals surface area contributed by atoms with Crippen LogP contribution in [0.25, 0.3) is 0 Å². The molecule has 25 heavy (non-hydrogen) atoms. The van der Waals surface area contributed by atoms with Gasteiger partial charge in [0.25, 0.3) is 11.6 Å². The van der Waals surface area contributed by atoms with Gasteiger partial charge in [-0.15, -0.1) is 0 Å². The predicted molar refractivity (Wildman–Crippen MR) is 94.4 cm³/mol. The Morgan fingerprint density at radius 3 is 2.40 bits per heavy atom. The van der Waals surface area contributed by atoms with E-state index < -0.39 is 4.92 Å². The van der Waals surface area contributed by atoms with Gasteiger partial charge in [0.15, 0.2) is 6.54 Å². The van der Waals surface area contributed by atoms with Gasteiger partial charge in [-0.25, -0.2) is 0 Å². The van der Waals surface area contributed by atoms with Crippen LogP contribution >= 0.6 is 11.6 Å². The van der Waals surface area contributed by atoms with E-state index in [2.05, 4.69) is 10.6 Å². The quantitative estimate of drug-likeness (QED) is 0.621. The first-order valence-corrected chi connectivity index (χ1v) is 9.38. The van der Waals surface area contributed by atoms with Crippen molar-refractivity contribution in [2.75, 3.05) is 11.9 Å². The van der Waals surface area contributed by atoms with Crippen molar-refractivity contribution >= 4 is 28.9 Å². The van der Waals surface area contributed by atoms with E-state index in [9.17, 15) is 14.9 Å². The van der Waals surface area contributed by atoms with E-state index in [0.717, 1.165) is 17.8 Å². The molecule has 4 fully saturated rings. The van der Waals surface area contributed by atoms with E-state index in [4.69, 9.17) is 11.6 Å². The number of anilines is 1. The summed E-state index contributed by atoms with van der Waals surface area (Å²) >= 11 is 5.91. The number of nitro benzene ring substituents is 1. The standard InChI is InChI=1S/C18H22ClN3O3/c19-14-1-2-16(22(24)25)15(6-14)21-17(23)10-20-18-7-11-3-12(8-18)5-13(4-11)9-18/h1-2,6,11-13,20H,3-5,7-10H2,(H,21,23)/p+1. The average molecular weight is 365 g/mol. The van der Waals surface area contributed by atoms with E-state index in [1.54, 1.807) is 0 Å². The Bertz CT molecular complexity index is 686. The molecule has 5 rings (SSSR count). The first-order chi connectivity index (χ1) is 11.9. The summed E-state index contributed by atoms with van der Waals surface area (Å²) in [5, 5.41) is 16.3. The highest BCUT2D eigenvalue weighted by Crippen LogP contribution is 2.54. The van der Waals surface area contributed by atoms with Crippen LogP contribution in [0.3, 0.4) is 0 Å². The number of nitrogens with one attached hydrogen (secondary N) is 1. The molecule has 0 heterocycles. The first kappa shape index (κ1) is 16.8. The number of nitrogens with zero attached hydrogens (tertiary/aromatic N) is 1. The second kappa shape index (κ2) is 6.25. The molecule has 0 saturated heterocycles. The number of nitro groups is 1. The summed E-state index contributed by atoms with van der Waals surface area (Å²) in [6.45, 7) is 0.301. The Labute approximate surface area is 151 Å². The molecule has 0 spiro atoms. The number of quaternary nitrogens is 1. The Hall–Kier alpha value is -1.66. The van der Waals surface area contributed by atoms with Gasteiger partial charge in [0.2, 0.25) is 0 Å². The maximum atomic E-state index is 12.4.